The minimum atomic E-state index is -0.403. The van der Waals surface area contributed by atoms with Gasteiger partial charge in [0.2, 0.25) is 0 Å². The van der Waals surface area contributed by atoms with E-state index in [1.165, 1.54) is 0 Å². The average molecular weight is 444 g/mol. The standard InChI is InChI=1S/C21H41N5O5/c1-24(2)13-14-29-15-16-30-20(27)22-7-5-3-4-6-8-23-21(28)31-18-19-17-25-9-11-26(19)12-10-25/h19H,3-18H2,1-2H3,(H,22,27)(H,23,28). The molecule has 1 unspecified atom stereocenters. The predicted molar refractivity (Wildman–Crippen MR) is 118 cm³/mol. The van der Waals surface area contributed by atoms with Gasteiger partial charge in [-0.2, -0.15) is 0 Å². The highest BCUT2D eigenvalue weighted by atomic mass is 16.6. The monoisotopic (exact) mass is 443 g/mol. The van der Waals surface area contributed by atoms with E-state index in [1.54, 1.807) is 0 Å². The van der Waals surface area contributed by atoms with Crippen molar-refractivity contribution in [1.29, 1.82) is 0 Å². The minimum absolute atomic E-state index is 0.262. The molecule has 10 nitrogen and oxygen atoms in total. The van der Waals surface area contributed by atoms with E-state index in [0.29, 0.717) is 39.0 Å². The van der Waals surface area contributed by atoms with E-state index in [4.69, 9.17) is 14.2 Å². The highest BCUT2D eigenvalue weighted by molar-refractivity contribution is 5.67. The number of nitrogens with zero attached hydrogens (tertiary/aromatic N) is 3. The van der Waals surface area contributed by atoms with E-state index in [-0.39, 0.29) is 12.7 Å². The molecule has 0 aliphatic carbocycles. The molecule has 0 aromatic carbocycles. The fraction of sp³-hybridized carbons (Fsp3) is 0.905. The van der Waals surface area contributed by atoms with Gasteiger partial charge in [0.25, 0.3) is 0 Å². The maximum absolute atomic E-state index is 11.8. The lowest BCUT2D eigenvalue weighted by molar-refractivity contribution is -0.0146. The third-order valence-electron chi connectivity index (χ3n) is 5.58. The van der Waals surface area contributed by atoms with Crippen LogP contribution >= 0.6 is 0 Å². The first-order valence-electron chi connectivity index (χ1n) is 11.5. The van der Waals surface area contributed by atoms with Gasteiger partial charge in [0, 0.05) is 52.4 Å². The quantitative estimate of drug-likeness (QED) is 0.355. The van der Waals surface area contributed by atoms with Crippen molar-refractivity contribution in [2.24, 2.45) is 0 Å². The molecule has 3 aliphatic heterocycles. The Morgan fingerprint density at radius 2 is 1.52 bits per heavy atom. The van der Waals surface area contributed by atoms with E-state index in [0.717, 1.165) is 65.0 Å². The van der Waals surface area contributed by atoms with Crippen molar-refractivity contribution in [3.05, 3.63) is 0 Å². The first-order valence-corrected chi connectivity index (χ1v) is 11.5. The molecule has 2 amide bonds. The molecule has 2 bridgehead atoms. The molecule has 3 fully saturated rings. The Morgan fingerprint density at radius 1 is 0.871 bits per heavy atom. The summed E-state index contributed by atoms with van der Waals surface area (Å²) in [5.74, 6) is 0. The molecule has 3 aliphatic rings. The molecule has 31 heavy (non-hydrogen) atoms. The number of alkyl carbamates (subject to hydrolysis) is 2. The van der Waals surface area contributed by atoms with Crippen LogP contribution in [0.15, 0.2) is 0 Å². The Kier molecular flexibility index (Phi) is 12.6. The van der Waals surface area contributed by atoms with Gasteiger partial charge < -0.3 is 29.7 Å². The van der Waals surface area contributed by atoms with Crippen LogP contribution in [0.5, 0.6) is 0 Å². The zero-order valence-corrected chi connectivity index (χ0v) is 19.3. The van der Waals surface area contributed by atoms with Crippen LogP contribution in [0.3, 0.4) is 0 Å². The fourth-order valence-corrected chi connectivity index (χ4v) is 3.68. The highest BCUT2D eigenvalue weighted by Gasteiger charge is 2.32. The van der Waals surface area contributed by atoms with Crippen molar-refractivity contribution in [3.63, 3.8) is 0 Å². The summed E-state index contributed by atoms with van der Waals surface area (Å²) in [6.45, 7) is 9.23. The summed E-state index contributed by atoms with van der Waals surface area (Å²) in [5, 5.41) is 5.56. The molecule has 0 saturated carbocycles. The van der Waals surface area contributed by atoms with E-state index in [2.05, 4.69) is 20.4 Å². The normalized spacial score (nSPS) is 22.4. The zero-order chi connectivity index (χ0) is 22.3. The second-order valence-corrected chi connectivity index (χ2v) is 8.41. The number of piperazine rings is 3. The van der Waals surface area contributed by atoms with Gasteiger partial charge in [0.1, 0.15) is 13.2 Å². The summed E-state index contributed by atoms with van der Waals surface area (Å²) in [6.07, 6.45) is 3.02. The number of likely N-dealkylation sites (N-methyl/N-ethyl adjacent to an activating group) is 1. The summed E-state index contributed by atoms with van der Waals surface area (Å²) < 4.78 is 15.8. The summed E-state index contributed by atoms with van der Waals surface area (Å²) in [5.41, 5.74) is 0. The van der Waals surface area contributed by atoms with Gasteiger partial charge >= 0.3 is 12.2 Å². The molecule has 0 aromatic rings. The van der Waals surface area contributed by atoms with E-state index >= 15 is 0 Å². The predicted octanol–water partition coefficient (Wildman–Crippen LogP) is 0.577. The first kappa shape index (κ1) is 25.6. The first-order chi connectivity index (χ1) is 15.0. The summed E-state index contributed by atoms with van der Waals surface area (Å²) >= 11 is 0. The molecule has 3 heterocycles. The van der Waals surface area contributed by atoms with E-state index in [1.807, 2.05) is 19.0 Å². The topological polar surface area (TPSA) is 95.6 Å². The van der Waals surface area contributed by atoms with Gasteiger partial charge in [-0.1, -0.05) is 12.8 Å². The summed E-state index contributed by atoms with van der Waals surface area (Å²) in [6, 6.07) is 0.336. The summed E-state index contributed by atoms with van der Waals surface area (Å²) in [4.78, 5) is 30.3. The van der Waals surface area contributed by atoms with E-state index in [9.17, 15) is 9.59 Å². The molecular weight excluding hydrogens is 402 g/mol. The molecule has 3 rings (SSSR count). The van der Waals surface area contributed by atoms with Gasteiger partial charge in [-0.25, -0.2) is 9.59 Å². The number of unbranched alkanes of at least 4 members (excludes halogenated alkanes) is 3. The maximum atomic E-state index is 11.8. The molecule has 180 valence electrons. The summed E-state index contributed by atoms with van der Waals surface area (Å²) in [7, 11) is 3.97. The maximum Gasteiger partial charge on any atom is 0.407 e. The van der Waals surface area contributed by atoms with Crippen molar-refractivity contribution in [3.8, 4) is 0 Å². The number of hydrogen-bond acceptors (Lipinski definition) is 8. The highest BCUT2D eigenvalue weighted by Crippen LogP contribution is 2.15. The fourth-order valence-electron chi connectivity index (χ4n) is 3.68. The average Bonchev–Trinajstić information content (AvgIpc) is 2.77. The van der Waals surface area contributed by atoms with Crippen LogP contribution in [0.25, 0.3) is 0 Å². The van der Waals surface area contributed by atoms with Gasteiger partial charge in [0.15, 0.2) is 0 Å². The number of nitrogens with one attached hydrogen (secondary N) is 2. The number of rotatable bonds is 15. The van der Waals surface area contributed by atoms with Crippen LogP contribution < -0.4 is 10.6 Å². The molecule has 2 N–H and O–H groups in total. The number of carbonyl (C=O) groups is 2. The van der Waals surface area contributed by atoms with Crippen molar-refractivity contribution in [2.45, 2.75) is 31.7 Å². The molecule has 0 spiro atoms. The largest absolute Gasteiger partial charge is 0.448 e. The van der Waals surface area contributed by atoms with E-state index < -0.39 is 6.09 Å². The van der Waals surface area contributed by atoms with Crippen LogP contribution in [-0.2, 0) is 14.2 Å². The van der Waals surface area contributed by atoms with Crippen LogP contribution in [-0.4, -0.2) is 126 Å². The Labute approximate surface area is 186 Å². The van der Waals surface area contributed by atoms with Crippen molar-refractivity contribution in [2.75, 3.05) is 92.9 Å². The Balaban J connectivity index is 1.32. The number of carbonyl (C=O) groups excluding carboxylic acids is 2. The van der Waals surface area contributed by atoms with Crippen LogP contribution in [0.2, 0.25) is 0 Å². The van der Waals surface area contributed by atoms with Gasteiger partial charge in [-0.3, -0.25) is 9.80 Å². The third kappa shape index (κ3) is 11.5. The Hall–Kier alpha value is -1.62. The number of amides is 2. The molecule has 3 saturated heterocycles. The molecular formula is C21H41N5O5. The smallest absolute Gasteiger partial charge is 0.407 e. The third-order valence-corrected chi connectivity index (χ3v) is 5.58. The number of ether oxygens (including phenoxy) is 3. The minimum Gasteiger partial charge on any atom is -0.448 e. The SMILES string of the molecule is CN(C)CCOCCOC(=O)NCCCCCCNC(=O)OCC1CN2CCN1CC2. The lowest BCUT2D eigenvalue weighted by Crippen LogP contribution is -2.62. The van der Waals surface area contributed by atoms with Gasteiger partial charge in [-0.15, -0.1) is 0 Å². The number of hydrogen-bond donors (Lipinski definition) is 2. The number of fused-ring (bicyclic) bond motifs is 3. The lowest BCUT2D eigenvalue weighted by Gasteiger charge is -2.47. The lowest BCUT2D eigenvalue weighted by atomic mass is 10.1. The zero-order valence-electron chi connectivity index (χ0n) is 19.3. The molecule has 10 heteroatoms. The molecule has 0 aromatic heterocycles. The van der Waals surface area contributed by atoms with Crippen LogP contribution in [0.4, 0.5) is 9.59 Å². The van der Waals surface area contributed by atoms with Crippen molar-refractivity contribution < 1.29 is 23.8 Å². The second kappa shape index (κ2) is 15.2. The molecule has 1 atom stereocenters. The Morgan fingerprint density at radius 3 is 2.10 bits per heavy atom. The van der Waals surface area contributed by atoms with Gasteiger partial charge in [0.05, 0.1) is 19.3 Å². The Bertz CT molecular complexity index is 514. The molecule has 0 radical (unpaired) electrons. The second-order valence-electron chi connectivity index (χ2n) is 8.41. The van der Waals surface area contributed by atoms with Crippen molar-refractivity contribution in [1.82, 2.24) is 25.3 Å². The van der Waals surface area contributed by atoms with Crippen LogP contribution in [0.1, 0.15) is 25.7 Å². The van der Waals surface area contributed by atoms with Gasteiger partial charge in [-0.05, 0) is 26.9 Å². The van der Waals surface area contributed by atoms with Crippen molar-refractivity contribution >= 4 is 12.2 Å². The van der Waals surface area contributed by atoms with Crippen LogP contribution in [0, 0.1) is 0 Å².